The summed E-state index contributed by atoms with van der Waals surface area (Å²) in [6, 6.07) is 11.6. The molecular weight excluding hydrogens is 329 g/mol. The molecule has 9 heteroatoms. The Balaban J connectivity index is 0.00000225. The van der Waals surface area contributed by atoms with Gasteiger partial charge in [-0.3, -0.25) is 10.1 Å². The van der Waals surface area contributed by atoms with Gasteiger partial charge in [-0.05, 0) is 42.0 Å². The minimum absolute atomic E-state index is 0. The van der Waals surface area contributed by atoms with Crippen molar-refractivity contribution >= 4 is 47.1 Å². The zero-order chi connectivity index (χ0) is 17.1. The number of amides is 1. The maximum absolute atomic E-state index is 12.3. The van der Waals surface area contributed by atoms with Gasteiger partial charge in [0.25, 0.3) is 11.9 Å². The molecule has 2 aromatic heterocycles. The van der Waals surface area contributed by atoms with Crippen LogP contribution in [-0.4, -0.2) is 75.2 Å². The van der Waals surface area contributed by atoms with E-state index < -0.39 is 0 Å². The number of anilines is 2. The summed E-state index contributed by atoms with van der Waals surface area (Å²) in [6.45, 7) is 1.92. The number of aromatic nitrogens is 5. The Morgan fingerprint density at radius 2 is 1.88 bits per heavy atom. The van der Waals surface area contributed by atoms with Crippen molar-refractivity contribution in [3.8, 4) is 11.3 Å². The number of carbonyl (C=O) groups is 1. The van der Waals surface area contributed by atoms with Gasteiger partial charge in [0, 0.05) is 54.9 Å². The summed E-state index contributed by atoms with van der Waals surface area (Å²) < 4.78 is 0. The summed E-state index contributed by atoms with van der Waals surface area (Å²) in [7, 11) is 3.97. The molecule has 0 saturated heterocycles. The molecule has 1 aromatic carbocycles. The Labute approximate surface area is 167 Å². The maximum Gasteiger partial charge on any atom is 0.276 e. The van der Waals surface area contributed by atoms with Gasteiger partial charge in [-0.25, -0.2) is 4.98 Å². The molecule has 3 aromatic rings. The molecule has 0 bridgehead atoms. The van der Waals surface area contributed by atoms with Crippen LogP contribution in [0.5, 0.6) is 0 Å². The van der Waals surface area contributed by atoms with E-state index in [9.17, 15) is 4.79 Å². The topological polar surface area (TPSA) is 99.7 Å². The van der Waals surface area contributed by atoms with Crippen LogP contribution >= 0.6 is 0 Å². The van der Waals surface area contributed by atoms with Crippen LogP contribution in [0, 0.1) is 6.92 Å². The Bertz CT molecular complexity index is 847. The molecule has 0 saturated carbocycles. The summed E-state index contributed by atoms with van der Waals surface area (Å²) in [5.74, 6) is -0.272. The van der Waals surface area contributed by atoms with Gasteiger partial charge in [-0.1, -0.05) is 17.2 Å². The number of nitrogens with zero attached hydrogens (tertiary/aromatic N) is 5. The van der Waals surface area contributed by atoms with Crippen LogP contribution in [0.3, 0.4) is 0 Å². The van der Waals surface area contributed by atoms with Crippen LogP contribution in [0.1, 0.15) is 16.1 Å². The van der Waals surface area contributed by atoms with E-state index in [1.54, 1.807) is 6.07 Å². The summed E-state index contributed by atoms with van der Waals surface area (Å²) in [4.78, 5) is 18.8. The normalized spacial score (nSPS) is 10.0. The smallest absolute Gasteiger partial charge is 0.276 e. The van der Waals surface area contributed by atoms with Gasteiger partial charge >= 0.3 is 0 Å². The predicted molar refractivity (Wildman–Crippen MR) is 96.6 cm³/mol. The third-order valence-electron chi connectivity index (χ3n) is 3.45. The van der Waals surface area contributed by atoms with Crippen LogP contribution < -0.4 is 10.2 Å². The molecular formula is C16H17N7NaO. The fourth-order valence-electron chi connectivity index (χ4n) is 2.24. The first-order valence-electron chi connectivity index (χ1n) is 7.34. The summed E-state index contributed by atoms with van der Waals surface area (Å²) >= 11 is 0. The summed E-state index contributed by atoms with van der Waals surface area (Å²) in [5, 5.41) is 15.6. The van der Waals surface area contributed by atoms with E-state index in [1.807, 2.05) is 56.3 Å². The number of benzene rings is 1. The number of rotatable bonds is 4. The number of hydrogen-bond acceptors (Lipinski definition) is 6. The van der Waals surface area contributed by atoms with Crippen molar-refractivity contribution in [3.63, 3.8) is 0 Å². The monoisotopic (exact) mass is 346 g/mol. The molecule has 2 N–H and O–H groups in total. The average Bonchev–Trinajstić information content (AvgIpc) is 3.07. The number of tetrazole rings is 1. The average molecular weight is 346 g/mol. The van der Waals surface area contributed by atoms with Gasteiger partial charge in [-0.15, -0.1) is 5.10 Å². The van der Waals surface area contributed by atoms with E-state index in [4.69, 9.17) is 0 Å². The van der Waals surface area contributed by atoms with Crippen LogP contribution in [0.4, 0.5) is 11.6 Å². The quantitative estimate of drug-likeness (QED) is 0.695. The molecule has 0 aliphatic rings. The zero-order valence-corrected chi connectivity index (χ0v) is 16.6. The van der Waals surface area contributed by atoms with Crippen LogP contribution in [0.15, 0.2) is 36.4 Å². The molecule has 0 aliphatic heterocycles. The van der Waals surface area contributed by atoms with Crippen molar-refractivity contribution in [3.05, 3.63) is 47.7 Å². The van der Waals surface area contributed by atoms with E-state index in [0.717, 1.165) is 22.5 Å². The molecule has 0 fully saturated rings. The Hall–Kier alpha value is -2.29. The number of hydrogen-bond donors (Lipinski definition) is 2. The van der Waals surface area contributed by atoms with Gasteiger partial charge in [-0.2, -0.15) is 5.21 Å². The van der Waals surface area contributed by atoms with Gasteiger partial charge in [0.2, 0.25) is 0 Å². The van der Waals surface area contributed by atoms with Crippen molar-refractivity contribution in [1.29, 1.82) is 0 Å². The van der Waals surface area contributed by atoms with Gasteiger partial charge in [0.15, 0.2) is 0 Å². The minimum Gasteiger partial charge on any atom is -0.378 e. The standard InChI is InChI=1S/C16H17N7O.Na/c1-10-8-13(11-4-6-12(7-5-11)23(2)3)17-14(9-10)15(24)18-16-19-21-22-20-16;/h4-9H,1-3H3,(H2,18,19,20,21,22,24);. The van der Waals surface area contributed by atoms with Crippen molar-refractivity contribution in [1.82, 2.24) is 25.6 Å². The van der Waals surface area contributed by atoms with Crippen LogP contribution in [0.2, 0.25) is 0 Å². The summed E-state index contributed by atoms with van der Waals surface area (Å²) in [6.07, 6.45) is 0. The predicted octanol–water partition coefficient (Wildman–Crippen LogP) is 1.51. The molecule has 0 atom stereocenters. The molecule has 123 valence electrons. The molecule has 0 spiro atoms. The molecule has 25 heavy (non-hydrogen) atoms. The molecule has 2 heterocycles. The number of pyridine rings is 1. The number of carbonyl (C=O) groups excluding carboxylic acids is 1. The van der Waals surface area contributed by atoms with E-state index in [1.165, 1.54) is 0 Å². The molecule has 0 aliphatic carbocycles. The van der Waals surface area contributed by atoms with Gasteiger partial charge in [0.05, 0.1) is 5.69 Å². The first-order valence-corrected chi connectivity index (χ1v) is 7.34. The molecule has 8 nitrogen and oxygen atoms in total. The van der Waals surface area contributed by atoms with Crippen molar-refractivity contribution in [2.24, 2.45) is 0 Å². The van der Waals surface area contributed by atoms with Crippen molar-refractivity contribution in [2.75, 3.05) is 24.3 Å². The first-order chi connectivity index (χ1) is 11.5. The third kappa shape index (κ3) is 4.62. The van der Waals surface area contributed by atoms with Crippen molar-refractivity contribution < 1.29 is 4.79 Å². The fraction of sp³-hybridized carbons (Fsp3) is 0.188. The van der Waals surface area contributed by atoms with E-state index in [0.29, 0.717) is 5.69 Å². The van der Waals surface area contributed by atoms with Crippen LogP contribution in [0.25, 0.3) is 11.3 Å². The Kier molecular flexibility index (Phi) is 6.24. The van der Waals surface area contributed by atoms with Crippen LogP contribution in [-0.2, 0) is 0 Å². The zero-order valence-electron chi connectivity index (χ0n) is 14.6. The second kappa shape index (κ2) is 8.19. The second-order valence-corrected chi connectivity index (χ2v) is 5.55. The number of H-pyrrole nitrogens is 1. The maximum atomic E-state index is 12.3. The van der Waals surface area contributed by atoms with Crippen molar-refractivity contribution in [2.45, 2.75) is 6.92 Å². The third-order valence-corrected chi connectivity index (χ3v) is 3.45. The Morgan fingerprint density at radius 3 is 2.48 bits per heavy atom. The number of aromatic amines is 1. The number of nitrogens with one attached hydrogen (secondary N) is 2. The SMILES string of the molecule is Cc1cc(C(=O)Nc2nn[nH]n2)nc(-c2ccc(N(C)C)cc2)c1.[Na]. The summed E-state index contributed by atoms with van der Waals surface area (Å²) in [5.41, 5.74) is 4.01. The Morgan fingerprint density at radius 1 is 1.16 bits per heavy atom. The fourth-order valence-corrected chi connectivity index (χ4v) is 2.24. The van der Waals surface area contributed by atoms with Gasteiger partial charge < -0.3 is 4.90 Å². The van der Waals surface area contributed by atoms with E-state index >= 15 is 0 Å². The first kappa shape index (κ1) is 19.0. The molecule has 0 unspecified atom stereocenters. The van der Waals surface area contributed by atoms with Gasteiger partial charge in [0.1, 0.15) is 5.69 Å². The van der Waals surface area contributed by atoms with E-state index in [2.05, 4.69) is 30.9 Å². The van der Waals surface area contributed by atoms with E-state index in [-0.39, 0.29) is 41.4 Å². The minimum atomic E-state index is -0.383. The molecule has 1 amide bonds. The largest absolute Gasteiger partial charge is 0.378 e. The second-order valence-electron chi connectivity index (χ2n) is 5.55. The molecule has 3 rings (SSSR count). The molecule has 1 radical (unpaired) electrons. The number of aryl methyl sites for hydroxylation is 1.